The summed E-state index contributed by atoms with van der Waals surface area (Å²) in [7, 11) is 1.84. The van der Waals surface area contributed by atoms with Gasteiger partial charge in [-0.3, -0.25) is 14.6 Å². The number of halogens is 1. The van der Waals surface area contributed by atoms with Crippen LogP contribution in [0.3, 0.4) is 0 Å². The average Bonchev–Trinajstić information content (AvgIpc) is 3.22. The third-order valence-electron chi connectivity index (χ3n) is 4.50. The molecule has 1 unspecified atom stereocenters. The SMILES string of the molecule is CN=C(NCCCn1cccn1)NCC(C(C)C)N1CCCC1.I. The molecule has 6 nitrogen and oxygen atoms in total. The summed E-state index contributed by atoms with van der Waals surface area (Å²) in [5, 5.41) is 11.1. The van der Waals surface area contributed by atoms with E-state index in [4.69, 9.17) is 0 Å². The van der Waals surface area contributed by atoms with Crippen LogP contribution in [0.2, 0.25) is 0 Å². The van der Waals surface area contributed by atoms with Gasteiger partial charge in [0.05, 0.1) is 0 Å². The van der Waals surface area contributed by atoms with E-state index in [2.05, 4.69) is 39.5 Å². The molecular formula is C17H33IN6. The van der Waals surface area contributed by atoms with Crippen molar-refractivity contribution in [2.24, 2.45) is 10.9 Å². The van der Waals surface area contributed by atoms with Gasteiger partial charge in [-0.1, -0.05) is 13.8 Å². The molecule has 1 atom stereocenters. The molecule has 1 aromatic rings. The number of rotatable bonds is 8. The van der Waals surface area contributed by atoms with Crippen molar-refractivity contribution < 1.29 is 0 Å². The van der Waals surface area contributed by atoms with Crippen molar-refractivity contribution in [3.8, 4) is 0 Å². The van der Waals surface area contributed by atoms with Crippen LogP contribution in [0.1, 0.15) is 33.1 Å². The smallest absolute Gasteiger partial charge is 0.191 e. The van der Waals surface area contributed by atoms with Crippen molar-refractivity contribution in [2.45, 2.75) is 45.7 Å². The highest BCUT2D eigenvalue weighted by atomic mass is 127. The number of likely N-dealkylation sites (tertiary alicyclic amines) is 1. The van der Waals surface area contributed by atoms with Crippen LogP contribution in [0.15, 0.2) is 23.5 Å². The van der Waals surface area contributed by atoms with Crippen LogP contribution in [0.5, 0.6) is 0 Å². The van der Waals surface area contributed by atoms with Gasteiger partial charge in [0.1, 0.15) is 0 Å². The molecule has 138 valence electrons. The highest BCUT2D eigenvalue weighted by Gasteiger charge is 2.24. The second-order valence-electron chi connectivity index (χ2n) is 6.56. The number of hydrogen-bond acceptors (Lipinski definition) is 3. The molecule has 2 N–H and O–H groups in total. The lowest BCUT2D eigenvalue weighted by molar-refractivity contribution is 0.192. The van der Waals surface area contributed by atoms with Crippen LogP contribution in [0, 0.1) is 5.92 Å². The summed E-state index contributed by atoms with van der Waals surface area (Å²) in [4.78, 5) is 6.95. The Labute approximate surface area is 163 Å². The topological polar surface area (TPSA) is 57.5 Å². The van der Waals surface area contributed by atoms with E-state index in [1.54, 1.807) is 0 Å². The highest BCUT2D eigenvalue weighted by Crippen LogP contribution is 2.16. The van der Waals surface area contributed by atoms with Crippen LogP contribution >= 0.6 is 24.0 Å². The Balaban J connectivity index is 0.00000288. The number of aryl methyl sites for hydroxylation is 1. The summed E-state index contributed by atoms with van der Waals surface area (Å²) in [5.41, 5.74) is 0. The summed E-state index contributed by atoms with van der Waals surface area (Å²) < 4.78 is 1.96. The average molecular weight is 448 g/mol. The lowest BCUT2D eigenvalue weighted by Crippen LogP contribution is -2.48. The van der Waals surface area contributed by atoms with E-state index in [1.165, 1.54) is 25.9 Å². The van der Waals surface area contributed by atoms with Gasteiger partial charge in [0.2, 0.25) is 0 Å². The number of hydrogen-bond donors (Lipinski definition) is 2. The zero-order valence-corrected chi connectivity index (χ0v) is 17.6. The van der Waals surface area contributed by atoms with Crippen LogP contribution in [0.25, 0.3) is 0 Å². The van der Waals surface area contributed by atoms with E-state index in [0.29, 0.717) is 12.0 Å². The van der Waals surface area contributed by atoms with Gasteiger partial charge >= 0.3 is 0 Å². The van der Waals surface area contributed by atoms with Gasteiger partial charge in [-0.2, -0.15) is 5.10 Å². The van der Waals surface area contributed by atoms with E-state index in [-0.39, 0.29) is 24.0 Å². The number of aromatic nitrogens is 2. The molecule has 0 bridgehead atoms. The monoisotopic (exact) mass is 448 g/mol. The molecule has 0 aliphatic carbocycles. The molecule has 1 fully saturated rings. The first-order chi connectivity index (χ1) is 11.2. The highest BCUT2D eigenvalue weighted by molar-refractivity contribution is 14.0. The molecule has 1 aromatic heterocycles. The fraction of sp³-hybridized carbons (Fsp3) is 0.765. The maximum Gasteiger partial charge on any atom is 0.191 e. The number of nitrogens with zero attached hydrogens (tertiary/aromatic N) is 4. The zero-order chi connectivity index (χ0) is 16.5. The van der Waals surface area contributed by atoms with Gasteiger partial charge in [0.25, 0.3) is 0 Å². The molecule has 2 heterocycles. The molecular weight excluding hydrogens is 415 g/mol. The summed E-state index contributed by atoms with van der Waals surface area (Å²) in [6, 6.07) is 2.54. The first-order valence-electron chi connectivity index (χ1n) is 8.86. The molecule has 0 radical (unpaired) electrons. The van der Waals surface area contributed by atoms with E-state index in [1.807, 2.05) is 30.2 Å². The van der Waals surface area contributed by atoms with Gasteiger partial charge in [-0.25, -0.2) is 0 Å². The molecule has 0 aromatic carbocycles. The summed E-state index contributed by atoms with van der Waals surface area (Å²) in [6.45, 7) is 9.88. The van der Waals surface area contributed by atoms with Crippen LogP contribution in [-0.4, -0.2) is 59.9 Å². The second kappa shape index (κ2) is 11.7. The quantitative estimate of drug-likeness (QED) is 0.277. The molecule has 0 spiro atoms. The van der Waals surface area contributed by atoms with Crippen molar-refractivity contribution >= 4 is 29.9 Å². The van der Waals surface area contributed by atoms with Crippen molar-refractivity contribution in [3.63, 3.8) is 0 Å². The fourth-order valence-corrected chi connectivity index (χ4v) is 3.16. The molecule has 1 aliphatic heterocycles. The van der Waals surface area contributed by atoms with Crippen LogP contribution in [0.4, 0.5) is 0 Å². The van der Waals surface area contributed by atoms with Crippen molar-refractivity contribution in [1.29, 1.82) is 0 Å². The maximum absolute atomic E-state index is 4.33. The number of nitrogens with one attached hydrogen (secondary N) is 2. The Morgan fingerprint density at radius 2 is 2.00 bits per heavy atom. The van der Waals surface area contributed by atoms with Crippen molar-refractivity contribution in [3.05, 3.63) is 18.5 Å². The summed E-state index contributed by atoms with van der Waals surface area (Å²) >= 11 is 0. The van der Waals surface area contributed by atoms with E-state index < -0.39 is 0 Å². The molecule has 24 heavy (non-hydrogen) atoms. The maximum atomic E-state index is 4.33. The first-order valence-corrected chi connectivity index (χ1v) is 8.86. The fourth-order valence-electron chi connectivity index (χ4n) is 3.16. The largest absolute Gasteiger partial charge is 0.356 e. The predicted octanol–water partition coefficient (Wildman–Crippen LogP) is 2.18. The Morgan fingerprint density at radius 3 is 2.58 bits per heavy atom. The lowest BCUT2D eigenvalue weighted by Gasteiger charge is -2.31. The van der Waals surface area contributed by atoms with Crippen LogP contribution < -0.4 is 10.6 Å². The lowest BCUT2D eigenvalue weighted by atomic mass is 10.0. The number of aliphatic imine (C=N–C) groups is 1. The summed E-state index contributed by atoms with van der Waals surface area (Å²) in [6.07, 6.45) is 7.52. The van der Waals surface area contributed by atoms with Gasteiger partial charge in [0, 0.05) is 45.1 Å². The number of guanidine groups is 1. The standard InChI is InChI=1S/C17H32N6.HI/c1-15(2)16(22-10-4-5-11-22)14-20-17(18-3)19-8-6-12-23-13-7-9-21-23;/h7,9,13,15-16H,4-6,8,10-12,14H2,1-3H3,(H2,18,19,20);1H. The first kappa shape index (κ1) is 21.2. The molecule has 0 amide bonds. The third-order valence-corrected chi connectivity index (χ3v) is 4.50. The van der Waals surface area contributed by atoms with E-state index in [9.17, 15) is 0 Å². The minimum atomic E-state index is 0. The zero-order valence-electron chi connectivity index (χ0n) is 15.2. The van der Waals surface area contributed by atoms with Gasteiger partial charge in [-0.15, -0.1) is 24.0 Å². The van der Waals surface area contributed by atoms with Gasteiger partial charge in [-0.05, 0) is 44.3 Å². The molecule has 2 rings (SSSR count). The van der Waals surface area contributed by atoms with Gasteiger partial charge in [0.15, 0.2) is 5.96 Å². The Morgan fingerprint density at radius 1 is 1.25 bits per heavy atom. The Hall–Kier alpha value is -0.830. The second-order valence-corrected chi connectivity index (χ2v) is 6.56. The van der Waals surface area contributed by atoms with E-state index >= 15 is 0 Å². The Bertz CT molecular complexity index is 454. The third kappa shape index (κ3) is 6.96. The summed E-state index contributed by atoms with van der Waals surface area (Å²) in [5.74, 6) is 1.55. The van der Waals surface area contributed by atoms with Gasteiger partial charge < -0.3 is 10.6 Å². The van der Waals surface area contributed by atoms with E-state index in [0.717, 1.165) is 32.0 Å². The van der Waals surface area contributed by atoms with Crippen molar-refractivity contribution in [1.82, 2.24) is 25.3 Å². The molecule has 0 saturated carbocycles. The minimum Gasteiger partial charge on any atom is -0.356 e. The Kier molecular flexibility index (Phi) is 10.3. The molecule has 1 aliphatic rings. The molecule has 7 heteroatoms. The normalized spacial score (nSPS) is 16.9. The minimum absolute atomic E-state index is 0. The van der Waals surface area contributed by atoms with Crippen LogP contribution in [-0.2, 0) is 6.54 Å². The van der Waals surface area contributed by atoms with Crippen molar-refractivity contribution in [2.75, 3.05) is 33.2 Å². The predicted molar refractivity (Wildman–Crippen MR) is 111 cm³/mol. The molecule has 1 saturated heterocycles.